The van der Waals surface area contributed by atoms with Gasteiger partial charge in [0.25, 0.3) is 0 Å². The van der Waals surface area contributed by atoms with E-state index in [1.807, 2.05) is 42.5 Å². The molecule has 0 heterocycles. The quantitative estimate of drug-likeness (QED) is 0.634. The normalized spacial score (nSPS) is 10.1. The molecule has 0 aromatic heterocycles. The van der Waals surface area contributed by atoms with E-state index in [1.54, 1.807) is 0 Å². The highest BCUT2D eigenvalue weighted by atomic mass is 35.5. The van der Waals surface area contributed by atoms with Crippen molar-refractivity contribution in [2.75, 3.05) is 0 Å². The second kappa shape index (κ2) is 3.03. The molecule has 2 rings (SSSR count). The largest absolute Gasteiger partial charge is 0.177 e. The molecule has 2 aromatic carbocycles. The Balaban J connectivity index is 2.79. The third kappa shape index (κ3) is 1.12. The Hall–Kier alpha value is -1.21. The first kappa shape index (κ1) is 7.44. The summed E-state index contributed by atoms with van der Waals surface area (Å²) in [5.41, 5.74) is 0.828. The average molecular weight is 177 g/mol. The Kier molecular flexibility index (Phi) is 1.88. The van der Waals surface area contributed by atoms with E-state index in [0.717, 1.165) is 11.1 Å². The minimum absolute atomic E-state index is 0.828. The zero-order valence-electron chi connectivity index (χ0n) is 6.37. The monoisotopic (exact) mass is 176 g/mol. The second-order valence-corrected chi connectivity index (χ2v) is 2.75. The number of hydrogen-bond donors (Lipinski definition) is 0. The van der Waals surface area contributed by atoms with Crippen LogP contribution in [0.2, 0.25) is 0 Å². The van der Waals surface area contributed by atoms with Crippen molar-refractivity contribution in [3.05, 3.63) is 42.5 Å². The van der Waals surface area contributed by atoms with Gasteiger partial charge in [-0.1, -0.05) is 36.4 Å². The first-order valence-corrected chi connectivity index (χ1v) is 4.05. The van der Waals surface area contributed by atoms with E-state index in [2.05, 4.69) is 4.84 Å². The van der Waals surface area contributed by atoms with Crippen molar-refractivity contribution in [2.24, 2.45) is 0 Å². The molecular weight excluding hydrogens is 170 g/mol. The predicted molar refractivity (Wildman–Crippen MR) is 51.6 cm³/mol. The Bertz CT molecular complexity index is 392. The van der Waals surface area contributed by atoms with E-state index in [4.69, 9.17) is 11.8 Å². The minimum atomic E-state index is 0.828. The van der Waals surface area contributed by atoms with Crippen molar-refractivity contribution in [3.63, 3.8) is 0 Å². The van der Waals surface area contributed by atoms with E-state index in [1.165, 1.54) is 5.39 Å². The highest BCUT2D eigenvalue weighted by molar-refractivity contribution is 6.17. The summed E-state index contributed by atoms with van der Waals surface area (Å²) in [6.45, 7) is 0. The van der Waals surface area contributed by atoms with Crippen molar-refractivity contribution in [3.8, 4) is 0 Å². The van der Waals surface area contributed by atoms with Gasteiger partial charge in [-0.25, -0.2) is 0 Å². The summed E-state index contributed by atoms with van der Waals surface area (Å²) in [5, 5.41) is 2.26. The maximum absolute atomic E-state index is 5.43. The van der Waals surface area contributed by atoms with Gasteiger partial charge in [-0.2, -0.15) is 4.84 Å². The molecule has 0 atom stereocenters. The number of hydrogen-bond acceptors (Lipinski definition) is 0. The van der Waals surface area contributed by atoms with Crippen molar-refractivity contribution >= 4 is 28.2 Å². The summed E-state index contributed by atoms with van der Waals surface area (Å²) in [6, 6.07) is 13.9. The molecular formula is C10H7ClN. The Morgan fingerprint density at radius 1 is 0.917 bits per heavy atom. The molecule has 0 unspecified atom stereocenters. The molecule has 2 heteroatoms. The van der Waals surface area contributed by atoms with Gasteiger partial charge in [0.05, 0.1) is 5.69 Å². The Morgan fingerprint density at radius 3 is 2.50 bits per heavy atom. The second-order valence-electron chi connectivity index (χ2n) is 2.58. The Labute approximate surface area is 76.1 Å². The molecule has 2 aromatic rings. The number of halogens is 1. The highest BCUT2D eigenvalue weighted by Gasteiger charge is 1.97. The third-order valence-electron chi connectivity index (χ3n) is 1.86. The van der Waals surface area contributed by atoms with Gasteiger partial charge in [-0.15, -0.1) is 0 Å². The predicted octanol–water partition coefficient (Wildman–Crippen LogP) is 3.23. The third-order valence-corrected chi connectivity index (χ3v) is 2.04. The van der Waals surface area contributed by atoms with Crippen molar-refractivity contribution < 1.29 is 0 Å². The van der Waals surface area contributed by atoms with Crippen molar-refractivity contribution in [1.29, 1.82) is 0 Å². The first-order valence-electron chi connectivity index (χ1n) is 3.71. The van der Waals surface area contributed by atoms with E-state index >= 15 is 0 Å². The summed E-state index contributed by atoms with van der Waals surface area (Å²) in [5.74, 6) is 0. The lowest BCUT2D eigenvalue weighted by Crippen LogP contribution is -1.80. The van der Waals surface area contributed by atoms with Crippen LogP contribution in [0.5, 0.6) is 0 Å². The van der Waals surface area contributed by atoms with Gasteiger partial charge in [-0.3, -0.25) is 0 Å². The molecule has 0 N–H and O–H groups in total. The van der Waals surface area contributed by atoms with Crippen LogP contribution in [-0.2, 0) is 0 Å². The van der Waals surface area contributed by atoms with Crippen LogP contribution in [-0.4, -0.2) is 0 Å². The maximum Gasteiger partial charge on any atom is 0.0855 e. The molecule has 0 amide bonds. The highest BCUT2D eigenvalue weighted by Crippen LogP contribution is 2.23. The van der Waals surface area contributed by atoms with Crippen molar-refractivity contribution in [2.45, 2.75) is 0 Å². The minimum Gasteiger partial charge on any atom is -0.177 e. The standard InChI is InChI=1S/C10H7ClN/c11-12-10-7-3-5-8-4-1-2-6-9(8)10/h1-7H. The number of nitrogens with zero attached hydrogens (tertiary/aromatic N) is 1. The summed E-state index contributed by atoms with van der Waals surface area (Å²) in [6.07, 6.45) is 0. The molecule has 0 aliphatic carbocycles. The summed E-state index contributed by atoms with van der Waals surface area (Å²) >= 11 is 5.43. The molecule has 1 radical (unpaired) electrons. The summed E-state index contributed by atoms with van der Waals surface area (Å²) in [4.78, 5) is 3.67. The molecule has 12 heavy (non-hydrogen) atoms. The Morgan fingerprint density at radius 2 is 1.67 bits per heavy atom. The van der Waals surface area contributed by atoms with Crippen LogP contribution < -0.4 is 4.84 Å². The molecule has 1 nitrogen and oxygen atoms in total. The van der Waals surface area contributed by atoms with Crippen LogP contribution >= 0.6 is 11.8 Å². The molecule has 0 bridgehead atoms. The van der Waals surface area contributed by atoms with Gasteiger partial charge in [0, 0.05) is 17.2 Å². The van der Waals surface area contributed by atoms with E-state index < -0.39 is 0 Å². The van der Waals surface area contributed by atoms with Gasteiger partial charge >= 0.3 is 0 Å². The molecule has 0 spiro atoms. The molecule has 0 aliphatic heterocycles. The summed E-state index contributed by atoms with van der Waals surface area (Å²) in [7, 11) is 0. The van der Waals surface area contributed by atoms with Gasteiger partial charge in [-0.05, 0) is 11.5 Å². The fraction of sp³-hybridized carbons (Fsp3) is 0. The molecule has 0 saturated heterocycles. The van der Waals surface area contributed by atoms with Gasteiger partial charge in [0.15, 0.2) is 0 Å². The maximum atomic E-state index is 5.43. The molecule has 0 fully saturated rings. The summed E-state index contributed by atoms with van der Waals surface area (Å²) < 4.78 is 0. The van der Waals surface area contributed by atoms with E-state index in [-0.39, 0.29) is 0 Å². The lowest BCUT2D eigenvalue weighted by atomic mass is 10.1. The van der Waals surface area contributed by atoms with Crippen LogP contribution in [0.25, 0.3) is 10.8 Å². The first-order chi connectivity index (χ1) is 5.92. The van der Waals surface area contributed by atoms with Gasteiger partial charge in [0.1, 0.15) is 0 Å². The SMILES string of the molecule is Cl[N]c1cccc2ccccc12. The van der Waals surface area contributed by atoms with E-state index in [0.29, 0.717) is 0 Å². The van der Waals surface area contributed by atoms with Crippen LogP contribution in [0, 0.1) is 0 Å². The van der Waals surface area contributed by atoms with Gasteiger partial charge < -0.3 is 0 Å². The lowest BCUT2D eigenvalue weighted by Gasteiger charge is -2.00. The molecule has 0 saturated carbocycles. The van der Waals surface area contributed by atoms with Crippen LogP contribution in [0.15, 0.2) is 42.5 Å². The van der Waals surface area contributed by atoms with Crippen LogP contribution in [0.1, 0.15) is 0 Å². The molecule has 0 aliphatic rings. The molecule has 59 valence electrons. The number of benzene rings is 2. The lowest BCUT2D eigenvalue weighted by molar-refractivity contribution is 1.39. The number of fused-ring (bicyclic) bond motifs is 1. The zero-order valence-corrected chi connectivity index (χ0v) is 7.12. The fourth-order valence-corrected chi connectivity index (χ4v) is 1.43. The van der Waals surface area contributed by atoms with Gasteiger partial charge in [0.2, 0.25) is 0 Å². The van der Waals surface area contributed by atoms with Crippen LogP contribution in [0.3, 0.4) is 0 Å². The zero-order chi connectivity index (χ0) is 8.39. The number of rotatable bonds is 1. The van der Waals surface area contributed by atoms with Crippen LogP contribution in [0.4, 0.5) is 5.69 Å². The topological polar surface area (TPSA) is 14.1 Å². The van der Waals surface area contributed by atoms with E-state index in [9.17, 15) is 0 Å². The van der Waals surface area contributed by atoms with Crippen molar-refractivity contribution in [1.82, 2.24) is 4.84 Å². The average Bonchev–Trinajstić information content (AvgIpc) is 2.17. The smallest absolute Gasteiger partial charge is 0.0855 e. The fourth-order valence-electron chi connectivity index (χ4n) is 1.28.